The van der Waals surface area contributed by atoms with Crippen LogP contribution in [0.3, 0.4) is 0 Å². The number of hydrogen-bond donors (Lipinski definition) is 2. The van der Waals surface area contributed by atoms with Gasteiger partial charge in [-0.25, -0.2) is 9.97 Å². The van der Waals surface area contributed by atoms with E-state index in [1.54, 1.807) is 6.07 Å². The molecule has 4 nitrogen and oxygen atoms in total. The van der Waals surface area contributed by atoms with Gasteiger partial charge in [0.2, 0.25) is 0 Å². The maximum absolute atomic E-state index is 6.24. The van der Waals surface area contributed by atoms with Crippen LogP contribution >= 0.6 is 23.2 Å². The summed E-state index contributed by atoms with van der Waals surface area (Å²) in [5.74, 6) is 2.35. The predicted molar refractivity (Wildman–Crippen MR) is 89.5 cm³/mol. The second kappa shape index (κ2) is 6.96. The Morgan fingerprint density at radius 1 is 1.14 bits per heavy atom. The molecule has 1 aromatic carbocycles. The Kier molecular flexibility index (Phi) is 5.26. The zero-order valence-corrected chi connectivity index (χ0v) is 13.8. The van der Waals surface area contributed by atoms with Crippen LogP contribution in [0.1, 0.15) is 31.3 Å². The molecule has 0 amide bonds. The van der Waals surface area contributed by atoms with E-state index in [0.29, 0.717) is 10.0 Å². The van der Waals surface area contributed by atoms with Crippen LogP contribution in [0.4, 0.5) is 11.6 Å². The molecule has 1 heterocycles. The standard InChI is InChI=1S/C15H18Cl2N4/c1-4-13-20-14(18-3)8-15(21-13)19-9(2)11-6-5-10(16)7-12(11)17/h5-9H,4H2,1-3H3,(H2,18,19,20,21). The first kappa shape index (κ1) is 15.9. The molecule has 0 radical (unpaired) electrons. The fourth-order valence-electron chi connectivity index (χ4n) is 2.01. The summed E-state index contributed by atoms with van der Waals surface area (Å²) in [6.07, 6.45) is 0.778. The molecule has 0 aliphatic heterocycles. The zero-order chi connectivity index (χ0) is 15.4. The van der Waals surface area contributed by atoms with E-state index < -0.39 is 0 Å². The molecule has 112 valence electrons. The van der Waals surface area contributed by atoms with E-state index in [2.05, 4.69) is 20.6 Å². The first-order valence-corrected chi connectivity index (χ1v) is 7.56. The van der Waals surface area contributed by atoms with Crippen molar-refractivity contribution in [2.45, 2.75) is 26.3 Å². The van der Waals surface area contributed by atoms with E-state index in [1.807, 2.05) is 39.1 Å². The lowest BCUT2D eigenvalue weighted by Crippen LogP contribution is -2.11. The zero-order valence-electron chi connectivity index (χ0n) is 12.2. The maximum atomic E-state index is 6.24. The van der Waals surface area contributed by atoms with Crippen LogP contribution in [-0.4, -0.2) is 17.0 Å². The van der Waals surface area contributed by atoms with Crippen molar-refractivity contribution in [3.05, 3.63) is 45.7 Å². The van der Waals surface area contributed by atoms with Gasteiger partial charge >= 0.3 is 0 Å². The second-order valence-electron chi connectivity index (χ2n) is 4.69. The summed E-state index contributed by atoms with van der Waals surface area (Å²) >= 11 is 12.2. The van der Waals surface area contributed by atoms with Gasteiger partial charge in [0, 0.05) is 29.6 Å². The van der Waals surface area contributed by atoms with Crippen molar-refractivity contribution in [3.8, 4) is 0 Å². The third-order valence-corrected chi connectivity index (χ3v) is 3.70. The molecule has 1 aromatic heterocycles. The lowest BCUT2D eigenvalue weighted by atomic mass is 10.1. The lowest BCUT2D eigenvalue weighted by Gasteiger charge is -2.17. The van der Waals surface area contributed by atoms with Crippen molar-refractivity contribution >= 4 is 34.8 Å². The van der Waals surface area contributed by atoms with Crippen molar-refractivity contribution in [2.24, 2.45) is 0 Å². The summed E-state index contributed by atoms with van der Waals surface area (Å²) in [7, 11) is 1.84. The van der Waals surface area contributed by atoms with Crippen LogP contribution in [0, 0.1) is 0 Å². The number of nitrogens with zero attached hydrogens (tertiary/aromatic N) is 2. The molecule has 21 heavy (non-hydrogen) atoms. The SMILES string of the molecule is CCc1nc(NC)cc(NC(C)c2ccc(Cl)cc2Cl)n1. The molecule has 0 aliphatic rings. The maximum Gasteiger partial charge on any atom is 0.132 e. The Morgan fingerprint density at radius 2 is 1.86 bits per heavy atom. The molecular weight excluding hydrogens is 307 g/mol. The first-order chi connectivity index (χ1) is 10.0. The fraction of sp³-hybridized carbons (Fsp3) is 0.333. The molecule has 0 saturated carbocycles. The molecule has 2 aromatic rings. The van der Waals surface area contributed by atoms with Gasteiger partial charge in [-0.2, -0.15) is 0 Å². The monoisotopic (exact) mass is 324 g/mol. The number of anilines is 2. The molecule has 2 N–H and O–H groups in total. The van der Waals surface area contributed by atoms with E-state index in [-0.39, 0.29) is 6.04 Å². The summed E-state index contributed by atoms with van der Waals surface area (Å²) in [5, 5.41) is 7.66. The third kappa shape index (κ3) is 3.99. The van der Waals surface area contributed by atoms with Gasteiger partial charge in [0.05, 0.1) is 6.04 Å². The summed E-state index contributed by atoms with van der Waals surface area (Å²) in [6, 6.07) is 7.38. The second-order valence-corrected chi connectivity index (χ2v) is 5.53. The number of hydrogen-bond acceptors (Lipinski definition) is 4. The predicted octanol–water partition coefficient (Wildman–Crippen LogP) is 4.56. The largest absolute Gasteiger partial charge is 0.373 e. The number of nitrogens with one attached hydrogen (secondary N) is 2. The number of aryl methyl sites for hydroxylation is 1. The minimum atomic E-state index is 0.0130. The van der Waals surface area contributed by atoms with Crippen LogP contribution in [0.2, 0.25) is 10.0 Å². The van der Waals surface area contributed by atoms with Crippen LogP contribution in [0.5, 0.6) is 0 Å². The molecule has 0 spiro atoms. The Labute approximate surface area is 134 Å². The quantitative estimate of drug-likeness (QED) is 0.846. The normalized spacial score (nSPS) is 12.0. The van der Waals surface area contributed by atoms with Gasteiger partial charge in [-0.05, 0) is 24.6 Å². The first-order valence-electron chi connectivity index (χ1n) is 6.80. The summed E-state index contributed by atoms with van der Waals surface area (Å²) < 4.78 is 0. The molecule has 0 bridgehead atoms. The highest BCUT2D eigenvalue weighted by Crippen LogP contribution is 2.28. The van der Waals surface area contributed by atoms with Crippen LogP contribution in [0.15, 0.2) is 24.3 Å². The summed E-state index contributed by atoms with van der Waals surface area (Å²) in [5.41, 5.74) is 0.976. The highest BCUT2D eigenvalue weighted by Gasteiger charge is 2.12. The molecule has 2 rings (SSSR count). The van der Waals surface area contributed by atoms with Crippen LogP contribution in [-0.2, 0) is 6.42 Å². The van der Waals surface area contributed by atoms with E-state index in [9.17, 15) is 0 Å². The molecule has 0 saturated heterocycles. The number of rotatable bonds is 5. The smallest absolute Gasteiger partial charge is 0.132 e. The highest BCUT2D eigenvalue weighted by atomic mass is 35.5. The lowest BCUT2D eigenvalue weighted by molar-refractivity contribution is 0.858. The van der Waals surface area contributed by atoms with Gasteiger partial charge in [0.1, 0.15) is 17.5 Å². The van der Waals surface area contributed by atoms with Crippen molar-refractivity contribution in [1.82, 2.24) is 9.97 Å². The number of aromatic nitrogens is 2. The van der Waals surface area contributed by atoms with Gasteiger partial charge < -0.3 is 10.6 Å². The van der Waals surface area contributed by atoms with Crippen molar-refractivity contribution in [1.29, 1.82) is 0 Å². The molecule has 6 heteroatoms. The van der Waals surface area contributed by atoms with Gasteiger partial charge in [-0.3, -0.25) is 0 Å². The van der Waals surface area contributed by atoms with Crippen LogP contribution < -0.4 is 10.6 Å². The minimum absolute atomic E-state index is 0.0130. The van der Waals surface area contributed by atoms with Crippen LogP contribution in [0.25, 0.3) is 0 Å². The Hall–Kier alpha value is -1.52. The topological polar surface area (TPSA) is 49.8 Å². The molecule has 1 unspecified atom stereocenters. The molecule has 0 fully saturated rings. The molecule has 0 aliphatic carbocycles. The van der Waals surface area contributed by atoms with Crippen molar-refractivity contribution in [3.63, 3.8) is 0 Å². The van der Waals surface area contributed by atoms with E-state index in [4.69, 9.17) is 23.2 Å². The molecule has 1 atom stereocenters. The summed E-state index contributed by atoms with van der Waals surface area (Å²) in [4.78, 5) is 8.86. The number of benzene rings is 1. The van der Waals surface area contributed by atoms with Crippen molar-refractivity contribution in [2.75, 3.05) is 17.7 Å². The van der Waals surface area contributed by atoms with E-state index in [1.165, 1.54) is 0 Å². The Morgan fingerprint density at radius 3 is 2.48 bits per heavy atom. The molecular formula is C15H18Cl2N4. The van der Waals surface area contributed by atoms with Crippen molar-refractivity contribution < 1.29 is 0 Å². The average Bonchev–Trinajstić information content (AvgIpc) is 2.46. The van der Waals surface area contributed by atoms with Gasteiger partial charge in [0.15, 0.2) is 0 Å². The van der Waals surface area contributed by atoms with E-state index in [0.717, 1.165) is 29.4 Å². The summed E-state index contributed by atoms with van der Waals surface area (Å²) in [6.45, 7) is 4.06. The fourth-order valence-corrected chi connectivity index (χ4v) is 2.58. The number of halogens is 2. The van der Waals surface area contributed by atoms with Gasteiger partial charge in [-0.15, -0.1) is 0 Å². The van der Waals surface area contributed by atoms with E-state index >= 15 is 0 Å². The Balaban J connectivity index is 2.24. The van der Waals surface area contributed by atoms with Gasteiger partial charge in [-0.1, -0.05) is 36.2 Å². The van der Waals surface area contributed by atoms with Gasteiger partial charge in [0.25, 0.3) is 0 Å². The average molecular weight is 325 g/mol. The third-order valence-electron chi connectivity index (χ3n) is 3.14. The minimum Gasteiger partial charge on any atom is -0.373 e. The Bertz CT molecular complexity index is 609. The highest BCUT2D eigenvalue weighted by molar-refractivity contribution is 6.35.